The van der Waals surface area contributed by atoms with Gasteiger partial charge in [0.2, 0.25) is 0 Å². The molecule has 0 saturated carbocycles. The Kier molecular flexibility index (Phi) is 5.11. The number of rotatable bonds is 5. The SMILES string of the molecule is CCN1CCC(Oc2ccccc2[N+](=O)[O-])C(c2ccccc2)C1. The van der Waals surface area contributed by atoms with Gasteiger partial charge < -0.3 is 9.64 Å². The molecular weight excluding hydrogens is 304 g/mol. The number of hydrogen-bond acceptors (Lipinski definition) is 4. The lowest BCUT2D eigenvalue weighted by Crippen LogP contribution is -2.44. The summed E-state index contributed by atoms with van der Waals surface area (Å²) in [6.07, 6.45) is 0.802. The van der Waals surface area contributed by atoms with Gasteiger partial charge in [-0.15, -0.1) is 0 Å². The first-order valence-corrected chi connectivity index (χ1v) is 8.36. The molecule has 1 fully saturated rings. The summed E-state index contributed by atoms with van der Waals surface area (Å²) in [4.78, 5) is 13.2. The fourth-order valence-corrected chi connectivity index (χ4v) is 3.32. The number of hydrogen-bond donors (Lipinski definition) is 0. The quantitative estimate of drug-likeness (QED) is 0.618. The fraction of sp³-hybridized carbons (Fsp3) is 0.368. The van der Waals surface area contributed by atoms with Crippen molar-refractivity contribution in [2.45, 2.75) is 25.4 Å². The number of ether oxygens (including phenoxy) is 1. The van der Waals surface area contributed by atoms with Crippen LogP contribution in [-0.4, -0.2) is 35.6 Å². The molecule has 0 bridgehead atoms. The number of piperidine rings is 1. The van der Waals surface area contributed by atoms with E-state index in [1.807, 2.05) is 18.2 Å². The van der Waals surface area contributed by atoms with Gasteiger partial charge in [-0.25, -0.2) is 0 Å². The maximum atomic E-state index is 11.2. The molecule has 2 unspecified atom stereocenters. The molecule has 2 atom stereocenters. The zero-order valence-electron chi connectivity index (χ0n) is 13.8. The van der Waals surface area contributed by atoms with Gasteiger partial charge in [-0.2, -0.15) is 0 Å². The number of benzene rings is 2. The van der Waals surface area contributed by atoms with Crippen molar-refractivity contribution in [2.24, 2.45) is 0 Å². The smallest absolute Gasteiger partial charge is 0.310 e. The molecule has 3 rings (SSSR count). The van der Waals surface area contributed by atoms with Crippen molar-refractivity contribution in [1.82, 2.24) is 4.90 Å². The summed E-state index contributed by atoms with van der Waals surface area (Å²) >= 11 is 0. The molecule has 0 aliphatic carbocycles. The third-order valence-electron chi connectivity index (χ3n) is 4.65. The zero-order valence-corrected chi connectivity index (χ0v) is 13.8. The Hall–Kier alpha value is -2.40. The molecule has 5 nitrogen and oxygen atoms in total. The number of para-hydroxylation sites is 2. The standard InChI is InChI=1S/C19H22N2O3/c1-2-20-13-12-18(16(14-20)15-8-4-3-5-9-15)24-19-11-7-6-10-17(19)21(22)23/h3-11,16,18H,2,12-14H2,1H3. The van der Waals surface area contributed by atoms with Crippen LogP contribution in [0.2, 0.25) is 0 Å². The maximum Gasteiger partial charge on any atom is 0.310 e. The summed E-state index contributed by atoms with van der Waals surface area (Å²) in [7, 11) is 0. The molecule has 2 aromatic rings. The van der Waals surface area contributed by atoms with Crippen LogP contribution in [0.1, 0.15) is 24.8 Å². The van der Waals surface area contributed by atoms with E-state index in [9.17, 15) is 10.1 Å². The van der Waals surface area contributed by atoms with Crippen LogP contribution in [0.15, 0.2) is 54.6 Å². The Morgan fingerprint density at radius 1 is 1.17 bits per heavy atom. The van der Waals surface area contributed by atoms with E-state index in [0.717, 1.165) is 26.1 Å². The highest BCUT2D eigenvalue weighted by Gasteiger charge is 2.32. The Labute approximate surface area is 142 Å². The molecule has 0 amide bonds. The van der Waals surface area contributed by atoms with E-state index in [4.69, 9.17) is 4.74 Å². The minimum atomic E-state index is -0.381. The van der Waals surface area contributed by atoms with Gasteiger partial charge in [0, 0.05) is 25.1 Å². The molecule has 1 aliphatic heterocycles. The Bertz CT molecular complexity index is 690. The molecule has 24 heavy (non-hydrogen) atoms. The predicted octanol–water partition coefficient (Wildman–Crippen LogP) is 3.85. The molecule has 1 saturated heterocycles. The average Bonchev–Trinajstić information content (AvgIpc) is 2.63. The van der Waals surface area contributed by atoms with Crippen LogP contribution < -0.4 is 4.74 Å². The predicted molar refractivity (Wildman–Crippen MR) is 93.4 cm³/mol. The van der Waals surface area contributed by atoms with Crippen molar-refractivity contribution in [1.29, 1.82) is 0 Å². The average molecular weight is 326 g/mol. The van der Waals surface area contributed by atoms with Crippen molar-refractivity contribution in [3.63, 3.8) is 0 Å². The highest BCUT2D eigenvalue weighted by molar-refractivity contribution is 5.46. The first kappa shape index (κ1) is 16.5. The van der Waals surface area contributed by atoms with E-state index in [1.165, 1.54) is 11.6 Å². The van der Waals surface area contributed by atoms with Gasteiger partial charge >= 0.3 is 5.69 Å². The molecule has 126 valence electrons. The van der Waals surface area contributed by atoms with E-state index in [0.29, 0.717) is 5.75 Å². The molecule has 0 spiro atoms. The molecule has 1 heterocycles. The molecule has 0 radical (unpaired) electrons. The second-order valence-corrected chi connectivity index (χ2v) is 6.08. The lowest BCUT2D eigenvalue weighted by Gasteiger charge is -2.38. The van der Waals surface area contributed by atoms with Gasteiger partial charge in [-0.05, 0) is 24.6 Å². The summed E-state index contributed by atoms with van der Waals surface area (Å²) in [5.41, 5.74) is 1.25. The van der Waals surface area contributed by atoms with Crippen molar-refractivity contribution in [3.05, 3.63) is 70.3 Å². The number of likely N-dealkylation sites (N-methyl/N-ethyl adjacent to an activating group) is 1. The molecule has 1 aliphatic rings. The van der Waals surface area contributed by atoms with Crippen molar-refractivity contribution < 1.29 is 9.66 Å². The molecule has 5 heteroatoms. The minimum absolute atomic E-state index is 0.0298. The molecular formula is C19H22N2O3. The van der Waals surface area contributed by atoms with Gasteiger partial charge in [0.25, 0.3) is 0 Å². The summed E-state index contributed by atoms with van der Waals surface area (Å²) in [6, 6.07) is 16.9. The van der Waals surface area contributed by atoms with Crippen molar-refractivity contribution >= 4 is 5.69 Å². The first-order valence-electron chi connectivity index (χ1n) is 8.36. The number of nitro groups is 1. The topological polar surface area (TPSA) is 55.6 Å². The Morgan fingerprint density at radius 2 is 1.88 bits per heavy atom. The highest BCUT2D eigenvalue weighted by Crippen LogP contribution is 2.34. The van der Waals surface area contributed by atoms with Crippen LogP contribution in [0.25, 0.3) is 0 Å². The monoisotopic (exact) mass is 326 g/mol. The molecule has 2 aromatic carbocycles. The van der Waals surface area contributed by atoms with Gasteiger partial charge in [0.1, 0.15) is 6.10 Å². The van der Waals surface area contributed by atoms with Gasteiger partial charge in [0.15, 0.2) is 5.75 Å². The number of nitro benzene ring substituents is 1. The van der Waals surface area contributed by atoms with Crippen LogP contribution in [0, 0.1) is 10.1 Å². The van der Waals surface area contributed by atoms with Crippen LogP contribution in [-0.2, 0) is 0 Å². The van der Waals surface area contributed by atoms with E-state index in [1.54, 1.807) is 18.2 Å². The fourth-order valence-electron chi connectivity index (χ4n) is 3.32. The highest BCUT2D eigenvalue weighted by atomic mass is 16.6. The van der Waals surface area contributed by atoms with E-state index < -0.39 is 0 Å². The maximum absolute atomic E-state index is 11.2. The number of nitrogens with zero attached hydrogens (tertiary/aromatic N) is 2. The Morgan fingerprint density at radius 3 is 2.58 bits per heavy atom. The van der Waals surface area contributed by atoms with Crippen LogP contribution in [0.3, 0.4) is 0 Å². The normalized spacial score (nSPS) is 21.4. The van der Waals surface area contributed by atoms with Gasteiger partial charge in [-0.3, -0.25) is 10.1 Å². The lowest BCUT2D eigenvalue weighted by molar-refractivity contribution is -0.386. The molecule has 0 aromatic heterocycles. The van der Waals surface area contributed by atoms with E-state index in [2.05, 4.69) is 24.0 Å². The summed E-state index contributed by atoms with van der Waals surface area (Å²) < 4.78 is 6.14. The van der Waals surface area contributed by atoms with Crippen LogP contribution >= 0.6 is 0 Å². The summed E-state index contributed by atoms with van der Waals surface area (Å²) in [5, 5.41) is 11.2. The summed E-state index contributed by atoms with van der Waals surface area (Å²) in [6.45, 7) is 5.02. The second-order valence-electron chi connectivity index (χ2n) is 6.08. The Balaban J connectivity index is 1.86. The zero-order chi connectivity index (χ0) is 16.9. The van der Waals surface area contributed by atoms with E-state index in [-0.39, 0.29) is 22.6 Å². The largest absolute Gasteiger partial charge is 0.483 e. The molecule has 0 N–H and O–H groups in total. The summed E-state index contributed by atoms with van der Waals surface area (Å²) in [5.74, 6) is 0.568. The van der Waals surface area contributed by atoms with Crippen molar-refractivity contribution in [2.75, 3.05) is 19.6 Å². The first-order chi connectivity index (χ1) is 11.7. The second kappa shape index (κ2) is 7.45. The van der Waals surface area contributed by atoms with Gasteiger partial charge in [0.05, 0.1) is 4.92 Å². The lowest BCUT2D eigenvalue weighted by atomic mass is 9.88. The third kappa shape index (κ3) is 3.57. The minimum Gasteiger partial charge on any atom is -0.483 e. The van der Waals surface area contributed by atoms with Crippen LogP contribution in [0.5, 0.6) is 5.75 Å². The van der Waals surface area contributed by atoms with Gasteiger partial charge in [-0.1, -0.05) is 49.4 Å². The number of likely N-dealkylation sites (tertiary alicyclic amines) is 1. The third-order valence-corrected chi connectivity index (χ3v) is 4.65. The van der Waals surface area contributed by atoms with Crippen molar-refractivity contribution in [3.8, 4) is 5.75 Å². The van der Waals surface area contributed by atoms with Crippen LogP contribution in [0.4, 0.5) is 5.69 Å². The van der Waals surface area contributed by atoms with E-state index >= 15 is 0 Å².